The van der Waals surface area contributed by atoms with Crippen molar-refractivity contribution in [3.63, 3.8) is 0 Å². The molecule has 158 valence electrons. The number of nitrogens with one attached hydrogen (secondary N) is 3. The predicted molar refractivity (Wildman–Crippen MR) is 125 cm³/mol. The maximum Gasteiger partial charge on any atom is 0.187 e. The molecule has 0 amide bonds. The van der Waals surface area contributed by atoms with E-state index < -0.39 is 0 Å². The first kappa shape index (κ1) is 20.8. The summed E-state index contributed by atoms with van der Waals surface area (Å²) in [6.07, 6.45) is 2.34. The number of nitrogens with zero attached hydrogens (tertiary/aromatic N) is 1. The molecule has 0 aliphatic carbocycles. The van der Waals surface area contributed by atoms with Gasteiger partial charge in [0.15, 0.2) is 5.13 Å². The molecule has 2 heterocycles. The molecule has 0 spiro atoms. The van der Waals surface area contributed by atoms with Crippen LogP contribution in [0.5, 0.6) is 5.75 Å². The largest absolute Gasteiger partial charge is 0.496 e. The van der Waals surface area contributed by atoms with Crippen molar-refractivity contribution in [3.05, 3.63) is 70.2 Å². The van der Waals surface area contributed by atoms with Crippen molar-refractivity contribution >= 4 is 22.2 Å². The van der Waals surface area contributed by atoms with Crippen LogP contribution in [0.4, 0.5) is 10.8 Å². The van der Waals surface area contributed by atoms with E-state index in [1.165, 1.54) is 16.9 Å². The van der Waals surface area contributed by atoms with Crippen LogP contribution in [0.3, 0.4) is 0 Å². The highest BCUT2D eigenvalue weighted by molar-refractivity contribution is 7.15. The fraction of sp³-hybridized carbons (Fsp3) is 0.375. The van der Waals surface area contributed by atoms with Crippen molar-refractivity contribution in [2.75, 3.05) is 19.0 Å². The number of thiazole rings is 1. The highest BCUT2D eigenvalue weighted by Gasteiger charge is 2.25. The summed E-state index contributed by atoms with van der Waals surface area (Å²) in [5.74, 6) is 0.902. The second-order valence-electron chi connectivity index (χ2n) is 7.78. The van der Waals surface area contributed by atoms with Crippen LogP contribution in [0.15, 0.2) is 48.5 Å². The van der Waals surface area contributed by atoms with E-state index in [9.17, 15) is 0 Å². The van der Waals surface area contributed by atoms with Crippen molar-refractivity contribution in [2.24, 2.45) is 0 Å². The number of methoxy groups -OCH3 is 1. The van der Waals surface area contributed by atoms with E-state index in [0.29, 0.717) is 12.1 Å². The molecule has 1 aliphatic heterocycles. The predicted octanol–water partition coefficient (Wildman–Crippen LogP) is 5.10. The minimum absolute atomic E-state index is 0.327. The maximum atomic E-state index is 5.63. The Morgan fingerprint density at radius 3 is 2.73 bits per heavy atom. The zero-order valence-corrected chi connectivity index (χ0v) is 18.7. The number of aromatic nitrogens is 1. The van der Waals surface area contributed by atoms with Gasteiger partial charge in [-0.3, -0.25) is 0 Å². The summed E-state index contributed by atoms with van der Waals surface area (Å²) < 4.78 is 5.63. The van der Waals surface area contributed by atoms with Gasteiger partial charge < -0.3 is 20.7 Å². The lowest BCUT2D eigenvalue weighted by atomic mass is 9.92. The second-order valence-corrected chi connectivity index (χ2v) is 8.99. The maximum absolute atomic E-state index is 5.63. The summed E-state index contributed by atoms with van der Waals surface area (Å²) >= 11 is 1.68. The average Bonchev–Trinajstić information content (AvgIpc) is 3.09. The van der Waals surface area contributed by atoms with Gasteiger partial charge in [-0.15, -0.1) is 11.3 Å². The Morgan fingerprint density at radius 1 is 1.17 bits per heavy atom. The van der Waals surface area contributed by atoms with Crippen LogP contribution in [0, 0.1) is 13.8 Å². The Kier molecular flexibility index (Phi) is 6.67. The van der Waals surface area contributed by atoms with Crippen LogP contribution in [-0.4, -0.2) is 24.7 Å². The van der Waals surface area contributed by atoms with Gasteiger partial charge >= 0.3 is 0 Å². The highest BCUT2D eigenvalue weighted by Crippen LogP contribution is 2.29. The lowest BCUT2D eigenvalue weighted by Gasteiger charge is -2.34. The summed E-state index contributed by atoms with van der Waals surface area (Å²) in [4.78, 5) is 5.83. The minimum atomic E-state index is 0.327. The summed E-state index contributed by atoms with van der Waals surface area (Å²) in [6.45, 7) is 5.96. The van der Waals surface area contributed by atoms with Gasteiger partial charge in [0.2, 0.25) is 0 Å². The number of hydrogen-bond donors (Lipinski definition) is 3. The fourth-order valence-electron chi connectivity index (χ4n) is 4.00. The minimum Gasteiger partial charge on any atom is -0.496 e. The summed E-state index contributed by atoms with van der Waals surface area (Å²) in [7, 11) is 1.73. The van der Waals surface area contributed by atoms with E-state index in [4.69, 9.17) is 4.74 Å². The lowest BCUT2D eigenvalue weighted by molar-refractivity contribution is 0.303. The van der Waals surface area contributed by atoms with Crippen LogP contribution >= 0.6 is 11.3 Å². The lowest BCUT2D eigenvalue weighted by Crippen LogP contribution is -2.45. The normalized spacial score (nSPS) is 18.9. The van der Waals surface area contributed by atoms with Gasteiger partial charge in [-0.2, -0.15) is 0 Å². The van der Waals surface area contributed by atoms with Gasteiger partial charge in [0.25, 0.3) is 0 Å². The Hall–Kier alpha value is -2.41. The van der Waals surface area contributed by atoms with Crippen molar-refractivity contribution in [1.82, 2.24) is 15.6 Å². The van der Waals surface area contributed by atoms with Crippen LogP contribution in [0.1, 0.15) is 40.6 Å². The molecule has 5 nitrogen and oxygen atoms in total. The quantitative estimate of drug-likeness (QED) is 0.495. The molecular weight excluding hydrogens is 392 g/mol. The molecule has 2 atom stereocenters. The third kappa shape index (κ3) is 4.83. The summed E-state index contributed by atoms with van der Waals surface area (Å²) in [5.41, 5.74) is 4.59. The molecule has 0 saturated carbocycles. The van der Waals surface area contributed by atoms with E-state index in [2.05, 4.69) is 64.3 Å². The molecule has 0 radical (unpaired) electrons. The number of ether oxygens (including phenoxy) is 1. The van der Waals surface area contributed by atoms with E-state index in [1.54, 1.807) is 18.4 Å². The van der Waals surface area contributed by atoms with Crippen LogP contribution in [-0.2, 0) is 6.54 Å². The molecule has 1 saturated heterocycles. The second kappa shape index (κ2) is 9.60. The van der Waals surface area contributed by atoms with E-state index in [0.717, 1.165) is 47.3 Å². The Bertz CT molecular complexity index is 953. The molecule has 1 aliphatic rings. The topological polar surface area (TPSA) is 58.2 Å². The zero-order chi connectivity index (χ0) is 20.9. The van der Waals surface area contributed by atoms with Gasteiger partial charge in [0, 0.05) is 34.8 Å². The third-order valence-electron chi connectivity index (χ3n) is 5.73. The molecule has 3 aromatic rings. The van der Waals surface area contributed by atoms with Crippen molar-refractivity contribution < 1.29 is 4.74 Å². The standard InChI is InChI=1S/C24H30N4OS/c1-16-17(2)30-24(27-16)28-20-11-12-22(29-3)19(14-20)15-26-21-10-7-13-25-23(21)18-8-5-4-6-9-18/h4-6,8-9,11-12,14,21,23,25-26H,7,10,13,15H2,1-3H3,(H,27,28). The average molecular weight is 423 g/mol. The molecule has 2 aromatic carbocycles. The highest BCUT2D eigenvalue weighted by atomic mass is 32.1. The van der Waals surface area contributed by atoms with Gasteiger partial charge in [-0.05, 0) is 57.0 Å². The van der Waals surface area contributed by atoms with E-state index in [-0.39, 0.29) is 0 Å². The third-order valence-corrected chi connectivity index (χ3v) is 6.72. The van der Waals surface area contributed by atoms with Crippen molar-refractivity contribution in [1.29, 1.82) is 0 Å². The molecule has 4 rings (SSSR count). The smallest absolute Gasteiger partial charge is 0.187 e. The number of hydrogen-bond acceptors (Lipinski definition) is 6. The van der Waals surface area contributed by atoms with E-state index in [1.807, 2.05) is 19.1 Å². The zero-order valence-electron chi connectivity index (χ0n) is 17.9. The number of rotatable bonds is 7. The first-order valence-corrected chi connectivity index (χ1v) is 11.4. The Labute approximate surface area is 182 Å². The number of anilines is 2. The van der Waals surface area contributed by atoms with Crippen molar-refractivity contribution in [2.45, 2.75) is 45.3 Å². The molecule has 1 fully saturated rings. The molecule has 0 bridgehead atoms. The van der Waals surface area contributed by atoms with Gasteiger partial charge in [-0.1, -0.05) is 30.3 Å². The number of benzene rings is 2. The summed E-state index contributed by atoms with van der Waals surface area (Å²) in [6, 6.07) is 17.7. The van der Waals surface area contributed by atoms with Crippen LogP contribution < -0.4 is 20.7 Å². The monoisotopic (exact) mass is 422 g/mol. The molecule has 6 heteroatoms. The molecular formula is C24H30N4OS. The molecule has 2 unspecified atom stereocenters. The molecule has 3 N–H and O–H groups in total. The van der Waals surface area contributed by atoms with Crippen molar-refractivity contribution in [3.8, 4) is 5.75 Å². The van der Waals surface area contributed by atoms with Gasteiger partial charge in [0.05, 0.1) is 12.8 Å². The van der Waals surface area contributed by atoms with Crippen LogP contribution in [0.2, 0.25) is 0 Å². The first-order valence-electron chi connectivity index (χ1n) is 10.5. The first-order chi connectivity index (χ1) is 14.6. The van der Waals surface area contributed by atoms with Gasteiger partial charge in [-0.25, -0.2) is 4.98 Å². The fourth-order valence-corrected chi connectivity index (χ4v) is 4.84. The Morgan fingerprint density at radius 2 is 2.00 bits per heavy atom. The van der Waals surface area contributed by atoms with E-state index >= 15 is 0 Å². The van der Waals surface area contributed by atoms with Gasteiger partial charge in [0.1, 0.15) is 5.75 Å². The summed E-state index contributed by atoms with van der Waals surface area (Å²) in [5, 5.41) is 11.8. The van der Waals surface area contributed by atoms with Crippen LogP contribution in [0.25, 0.3) is 0 Å². The number of piperidine rings is 1. The molecule has 1 aromatic heterocycles. The SMILES string of the molecule is COc1ccc(Nc2nc(C)c(C)s2)cc1CNC1CCCNC1c1ccccc1. The molecule has 30 heavy (non-hydrogen) atoms. The number of aryl methyl sites for hydroxylation is 2. The Balaban J connectivity index is 1.48.